The van der Waals surface area contributed by atoms with Crippen molar-refractivity contribution in [3.63, 3.8) is 0 Å². The second-order valence-electron chi connectivity index (χ2n) is 7.09. The maximum atomic E-state index is 12.9. The van der Waals surface area contributed by atoms with E-state index in [4.69, 9.17) is 16.3 Å². The lowest BCUT2D eigenvalue weighted by molar-refractivity contribution is -0.146. The molecule has 0 aromatic heterocycles. The van der Waals surface area contributed by atoms with Crippen molar-refractivity contribution in [2.24, 2.45) is 5.41 Å². The van der Waals surface area contributed by atoms with Crippen LogP contribution in [-0.2, 0) is 9.59 Å². The molecule has 0 unspecified atom stereocenters. The van der Waals surface area contributed by atoms with Gasteiger partial charge in [0.25, 0.3) is 0 Å². The number of methoxy groups -OCH3 is 1. The van der Waals surface area contributed by atoms with E-state index in [0.717, 1.165) is 44.3 Å². The van der Waals surface area contributed by atoms with E-state index in [1.165, 1.54) is 7.11 Å². The van der Waals surface area contributed by atoms with Crippen molar-refractivity contribution in [2.75, 3.05) is 25.5 Å². The van der Waals surface area contributed by atoms with E-state index in [0.29, 0.717) is 16.5 Å². The van der Waals surface area contributed by atoms with E-state index < -0.39 is 5.41 Å². The average Bonchev–Trinajstić information content (AvgIpc) is 2.86. The molecule has 0 bridgehead atoms. The summed E-state index contributed by atoms with van der Waals surface area (Å²) in [7, 11) is 1.52. The van der Waals surface area contributed by atoms with Gasteiger partial charge < -0.3 is 15.0 Å². The fourth-order valence-electron chi connectivity index (χ4n) is 2.97. The van der Waals surface area contributed by atoms with Crippen LogP contribution in [0, 0.1) is 12.3 Å². The van der Waals surface area contributed by atoms with Crippen LogP contribution < -0.4 is 10.1 Å². The highest BCUT2D eigenvalue weighted by molar-refractivity contribution is 6.31. The lowest BCUT2D eigenvalue weighted by Gasteiger charge is -2.30. The van der Waals surface area contributed by atoms with Crippen LogP contribution in [0.2, 0.25) is 5.02 Å². The van der Waals surface area contributed by atoms with Crippen molar-refractivity contribution in [1.29, 1.82) is 0 Å². The van der Waals surface area contributed by atoms with Crippen molar-refractivity contribution >= 4 is 29.1 Å². The van der Waals surface area contributed by atoms with E-state index >= 15 is 0 Å². The number of nitrogens with one attached hydrogen (secondary N) is 1. The molecule has 0 saturated carbocycles. The summed E-state index contributed by atoms with van der Waals surface area (Å²) in [5.41, 5.74) is 0.198. The lowest BCUT2D eigenvalue weighted by Crippen LogP contribution is -2.47. The van der Waals surface area contributed by atoms with E-state index in [9.17, 15) is 9.59 Å². The smallest absolute Gasteiger partial charge is 0.239 e. The number of rotatable bonds is 4. The molecule has 6 heteroatoms. The van der Waals surface area contributed by atoms with E-state index in [1.807, 2.05) is 11.8 Å². The summed E-state index contributed by atoms with van der Waals surface area (Å²) in [5.74, 6) is 0.000271. The number of hydrogen-bond acceptors (Lipinski definition) is 3. The summed E-state index contributed by atoms with van der Waals surface area (Å²) in [6.07, 6.45) is 4.26. The summed E-state index contributed by atoms with van der Waals surface area (Å²) in [4.78, 5) is 27.5. The topological polar surface area (TPSA) is 58.6 Å². The van der Waals surface area contributed by atoms with Crippen LogP contribution in [0.1, 0.15) is 45.1 Å². The number of benzene rings is 1. The molecule has 1 heterocycles. The molecule has 0 aliphatic carbocycles. The lowest BCUT2D eigenvalue weighted by atomic mass is 9.90. The van der Waals surface area contributed by atoms with Crippen molar-refractivity contribution < 1.29 is 14.3 Å². The minimum absolute atomic E-state index is 0.128. The average molecular weight is 367 g/mol. The highest BCUT2D eigenvalue weighted by Crippen LogP contribution is 2.32. The molecule has 1 N–H and O–H groups in total. The Bertz CT molecular complexity index is 650. The maximum Gasteiger partial charge on any atom is 0.239 e. The van der Waals surface area contributed by atoms with Crippen LogP contribution in [0.15, 0.2) is 12.1 Å². The van der Waals surface area contributed by atoms with Crippen LogP contribution in [0.5, 0.6) is 5.75 Å². The second-order valence-corrected chi connectivity index (χ2v) is 7.49. The van der Waals surface area contributed by atoms with Gasteiger partial charge in [-0.25, -0.2) is 0 Å². The molecule has 5 nitrogen and oxygen atoms in total. The number of nitrogens with zero attached hydrogens (tertiary/aromatic N) is 1. The normalized spacial score (nSPS) is 15.5. The fourth-order valence-corrected chi connectivity index (χ4v) is 3.13. The van der Waals surface area contributed by atoms with Gasteiger partial charge in [-0.15, -0.1) is 0 Å². The Morgan fingerprint density at radius 3 is 2.32 bits per heavy atom. The van der Waals surface area contributed by atoms with Gasteiger partial charge in [0, 0.05) is 24.2 Å². The van der Waals surface area contributed by atoms with Crippen LogP contribution in [0.3, 0.4) is 0 Å². The van der Waals surface area contributed by atoms with Gasteiger partial charge in [0.1, 0.15) is 11.2 Å². The molecule has 1 aliphatic heterocycles. The predicted molar refractivity (Wildman–Crippen MR) is 100 cm³/mol. The van der Waals surface area contributed by atoms with E-state index in [2.05, 4.69) is 5.32 Å². The number of carbonyl (C=O) groups excluding carboxylic acids is 2. The third-order valence-electron chi connectivity index (χ3n) is 4.72. The molecule has 0 spiro atoms. The predicted octanol–water partition coefficient (Wildman–Crippen LogP) is 4.02. The zero-order valence-electron chi connectivity index (χ0n) is 15.4. The Morgan fingerprint density at radius 2 is 1.76 bits per heavy atom. The van der Waals surface area contributed by atoms with Crippen molar-refractivity contribution in [3.05, 3.63) is 22.7 Å². The molecule has 0 atom stereocenters. The first-order chi connectivity index (χ1) is 11.8. The Hall–Kier alpha value is -1.75. The molecule has 1 fully saturated rings. The molecule has 1 aliphatic rings. The summed E-state index contributed by atoms with van der Waals surface area (Å²) < 4.78 is 5.29. The number of likely N-dealkylation sites (tertiary alicyclic amines) is 1. The number of carbonyl (C=O) groups is 2. The first-order valence-corrected chi connectivity index (χ1v) is 9.10. The highest BCUT2D eigenvalue weighted by atomic mass is 35.5. The zero-order valence-corrected chi connectivity index (χ0v) is 16.2. The second kappa shape index (κ2) is 8.09. The number of aryl methyl sites for hydroxylation is 1. The monoisotopic (exact) mass is 366 g/mol. The molecule has 1 aromatic rings. The SMILES string of the molecule is COc1cc(Cl)c(C)cc1NC(=O)C(C)(C)C(=O)N1CCCCCC1. The number of anilines is 1. The molecule has 2 amide bonds. The number of ether oxygens (including phenoxy) is 1. The van der Waals surface area contributed by atoms with Crippen LogP contribution >= 0.6 is 11.6 Å². The van der Waals surface area contributed by atoms with Gasteiger partial charge in [0.05, 0.1) is 12.8 Å². The Balaban J connectivity index is 2.18. The minimum Gasteiger partial charge on any atom is -0.495 e. The van der Waals surface area contributed by atoms with Gasteiger partial charge in [-0.1, -0.05) is 24.4 Å². The zero-order chi connectivity index (χ0) is 18.6. The number of amides is 2. The minimum atomic E-state index is -1.15. The van der Waals surface area contributed by atoms with Gasteiger partial charge in [0.2, 0.25) is 11.8 Å². The van der Waals surface area contributed by atoms with Crippen LogP contribution in [0.4, 0.5) is 5.69 Å². The van der Waals surface area contributed by atoms with Crippen molar-refractivity contribution in [2.45, 2.75) is 46.5 Å². The van der Waals surface area contributed by atoms with Crippen LogP contribution in [-0.4, -0.2) is 36.9 Å². The Morgan fingerprint density at radius 1 is 1.16 bits per heavy atom. The largest absolute Gasteiger partial charge is 0.495 e. The molecule has 1 saturated heterocycles. The Labute approximate surface area is 154 Å². The summed E-state index contributed by atoms with van der Waals surface area (Å²) in [6, 6.07) is 3.42. The molecule has 1 aromatic carbocycles. The standard InChI is InChI=1S/C19H27ClN2O3/c1-13-11-15(16(25-4)12-14(13)20)21-17(23)19(2,3)18(24)22-9-7-5-6-8-10-22/h11-12H,5-10H2,1-4H3,(H,21,23). The van der Waals surface area contributed by atoms with E-state index in [1.54, 1.807) is 26.0 Å². The highest BCUT2D eigenvalue weighted by Gasteiger charge is 2.39. The summed E-state index contributed by atoms with van der Waals surface area (Å²) in [6.45, 7) is 6.64. The number of halogens is 1. The third kappa shape index (κ3) is 4.46. The Kier molecular flexibility index (Phi) is 6.33. The van der Waals surface area contributed by atoms with Crippen LogP contribution in [0.25, 0.3) is 0 Å². The molecule has 2 rings (SSSR count). The van der Waals surface area contributed by atoms with E-state index in [-0.39, 0.29) is 11.8 Å². The van der Waals surface area contributed by atoms with Crippen molar-refractivity contribution in [3.8, 4) is 5.75 Å². The first-order valence-electron chi connectivity index (χ1n) is 8.72. The maximum absolute atomic E-state index is 12.9. The van der Waals surface area contributed by atoms with Gasteiger partial charge >= 0.3 is 0 Å². The third-order valence-corrected chi connectivity index (χ3v) is 5.13. The van der Waals surface area contributed by atoms with Gasteiger partial charge in [-0.05, 0) is 45.2 Å². The molecular formula is C19H27ClN2O3. The van der Waals surface area contributed by atoms with Gasteiger partial charge in [0.15, 0.2) is 0 Å². The molecule has 0 radical (unpaired) electrons. The molecular weight excluding hydrogens is 340 g/mol. The van der Waals surface area contributed by atoms with Gasteiger partial charge in [-0.3, -0.25) is 9.59 Å². The quantitative estimate of drug-likeness (QED) is 0.818. The fraction of sp³-hybridized carbons (Fsp3) is 0.579. The molecule has 138 valence electrons. The number of hydrogen-bond donors (Lipinski definition) is 1. The first kappa shape index (κ1) is 19.6. The summed E-state index contributed by atoms with van der Waals surface area (Å²) >= 11 is 6.10. The molecule has 25 heavy (non-hydrogen) atoms. The van der Waals surface area contributed by atoms with Gasteiger partial charge in [-0.2, -0.15) is 0 Å². The summed E-state index contributed by atoms with van der Waals surface area (Å²) in [5, 5.41) is 3.40. The van der Waals surface area contributed by atoms with Crippen molar-refractivity contribution in [1.82, 2.24) is 4.90 Å².